The summed E-state index contributed by atoms with van der Waals surface area (Å²) in [5.74, 6) is -0.304. The van der Waals surface area contributed by atoms with E-state index in [1.54, 1.807) is 18.2 Å². The van der Waals surface area contributed by atoms with Crippen molar-refractivity contribution in [2.45, 2.75) is 25.8 Å². The number of nitrogens with one attached hydrogen (secondary N) is 1. The van der Waals surface area contributed by atoms with Crippen LogP contribution in [-0.2, 0) is 9.53 Å². The van der Waals surface area contributed by atoms with E-state index in [0.29, 0.717) is 5.75 Å². The third kappa shape index (κ3) is 5.48. The molecule has 0 aliphatic heterocycles. The zero-order chi connectivity index (χ0) is 19.6. The van der Waals surface area contributed by atoms with Gasteiger partial charge < -0.3 is 19.5 Å². The zero-order valence-electron chi connectivity index (χ0n) is 15.9. The summed E-state index contributed by atoms with van der Waals surface area (Å²) >= 11 is 0. The highest BCUT2D eigenvalue weighted by atomic mass is 16.5. The molecule has 0 fully saturated rings. The summed E-state index contributed by atoms with van der Waals surface area (Å²) in [5.41, 5.74) is 1.23. The lowest BCUT2D eigenvalue weighted by molar-refractivity contribution is -0.125. The van der Waals surface area contributed by atoms with Gasteiger partial charge in [-0.3, -0.25) is 4.79 Å². The van der Waals surface area contributed by atoms with Gasteiger partial charge in [-0.15, -0.1) is 0 Å². The van der Waals surface area contributed by atoms with Crippen molar-refractivity contribution in [3.05, 3.63) is 59.7 Å². The van der Waals surface area contributed by atoms with Crippen molar-refractivity contribution in [2.75, 3.05) is 20.8 Å². The number of ether oxygens (including phenoxy) is 3. The van der Waals surface area contributed by atoms with Crippen LogP contribution in [0.3, 0.4) is 0 Å². The maximum absolute atomic E-state index is 12.3. The number of hydrogen-bond acceptors (Lipinski definition) is 5. The number of methoxy groups -OCH3 is 2. The SMILES string of the molecule is CCC[C@@H](NC(=O)COC(=O)c1cccc(OC)c1OC)c1ccccc1. The number of benzene rings is 2. The second kappa shape index (κ2) is 10.2. The first kappa shape index (κ1) is 20.3. The van der Waals surface area contributed by atoms with Crippen LogP contribution in [0.1, 0.15) is 41.7 Å². The van der Waals surface area contributed by atoms with Crippen LogP contribution in [0.15, 0.2) is 48.5 Å². The summed E-state index contributed by atoms with van der Waals surface area (Å²) in [4.78, 5) is 24.6. The number of amides is 1. The molecule has 1 N–H and O–H groups in total. The smallest absolute Gasteiger partial charge is 0.342 e. The highest BCUT2D eigenvalue weighted by Crippen LogP contribution is 2.31. The zero-order valence-corrected chi connectivity index (χ0v) is 15.9. The summed E-state index contributed by atoms with van der Waals surface area (Å²) < 4.78 is 15.6. The Labute approximate surface area is 159 Å². The van der Waals surface area contributed by atoms with Crippen LogP contribution in [0.5, 0.6) is 11.5 Å². The number of hydrogen-bond donors (Lipinski definition) is 1. The fourth-order valence-electron chi connectivity index (χ4n) is 2.79. The summed E-state index contributed by atoms with van der Waals surface area (Å²) in [6.45, 7) is 1.68. The van der Waals surface area contributed by atoms with Crippen molar-refractivity contribution in [1.29, 1.82) is 0 Å². The fraction of sp³-hybridized carbons (Fsp3) is 0.333. The van der Waals surface area contributed by atoms with Crippen LogP contribution in [0.2, 0.25) is 0 Å². The highest BCUT2D eigenvalue weighted by Gasteiger charge is 2.20. The van der Waals surface area contributed by atoms with E-state index in [1.165, 1.54) is 14.2 Å². The van der Waals surface area contributed by atoms with Gasteiger partial charge in [0, 0.05) is 0 Å². The summed E-state index contributed by atoms with van der Waals surface area (Å²) in [6, 6.07) is 14.5. The Morgan fingerprint density at radius 3 is 2.37 bits per heavy atom. The second-order valence-electron chi connectivity index (χ2n) is 5.94. The molecular formula is C21H25NO5. The minimum Gasteiger partial charge on any atom is -0.493 e. The molecule has 0 saturated carbocycles. The molecule has 2 aromatic carbocycles. The minimum absolute atomic E-state index is 0.117. The van der Waals surface area contributed by atoms with Gasteiger partial charge in [0.1, 0.15) is 5.56 Å². The number of carbonyl (C=O) groups excluding carboxylic acids is 2. The third-order valence-electron chi connectivity index (χ3n) is 4.07. The van der Waals surface area contributed by atoms with E-state index < -0.39 is 5.97 Å². The molecule has 6 nitrogen and oxygen atoms in total. The molecule has 0 saturated heterocycles. The first-order valence-electron chi connectivity index (χ1n) is 8.83. The Hall–Kier alpha value is -3.02. The molecule has 0 heterocycles. The largest absolute Gasteiger partial charge is 0.493 e. The Kier molecular flexibility index (Phi) is 7.67. The molecule has 0 unspecified atom stereocenters. The molecule has 2 rings (SSSR count). The molecule has 1 amide bonds. The summed E-state index contributed by atoms with van der Waals surface area (Å²) in [5, 5.41) is 2.92. The lowest BCUT2D eigenvalue weighted by Crippen LogP contribution is -2.32. The van der Waals surface area contributed by atoms with Crippen molar-refractivity contribution < 1.29 is 23.8 Å². The predicted octanol–water partition coefficient (Wildman–Crippen LogP) is 3.52. The number of rotatable bonds is 9. The first-order valence-corrected chi connectivity index (χ1v) is 8.83. The molecule has 2 aromatic rings. The molecule has 0 radical (unpaired) electrons. The highest BCUT2D eigenvalue weighted by molar-refractivity contribution is 5.95. The predicted molar refractivity (Wildman–Crippen MR) is 102 cm³/mol. The average Bonchev–Trinajstić information content (AvgIpc) is 2.71. The van der Waals surface area contributed by atoms with Gasteiger partial charge in [-0.1, -0.05) is 49.7 Å². The summed E-state index contributed by atoms with van der Waals surface area (Å²) in [7, 11) is 2.93. The third-order valence-corrected chi connectivity index (χ3v) is 4.07. The Bertz CT molecular complexity index is 760. The van der Waals surface area contributed by atoms with Crippen molar-refractivity contribution in [2.24, 2.45) is 0 Å². The quantitative estimate of drug-likeness (QED) is 0.683. The van der Waals surface area contributed by atoms with E-state index in [-0.39, 0.29) is 29.9 Å². The van der Waals surface area contributed by atoms with Gasteiger partial charge in [-0.25, -0.2) is 4.79 Å². The van der Waals surface area contributed by atoms with Gasteiger partial charge >= 0.3 is 5.97 Å². The van der Waals surface area contributed by atoms with Gasteiger partial charge in [0.25, 0.3) is 5.91 Å². The number of carbonyl (C=O) groups is 2. The molecule has 144 valence electrons. The molecular weight excluding hydrogens is 346 g/mol. The van der Waals surface area contributed by atoms with Gasteiger partial charge in [0.15, 0.2) is 18.1 Å². The van der Waals surface area contributed by atoms with Gasteiger partial charge in [0.05, 0.1) is 20.3 Å². The second-order valence-corrected chi connectivity index (χ2v) is 5.94. The van der Waals surface area contributed by atoms with E-state index >= 15 is 0 Å². The van der Waals surface area contributed by atoms with E-state index in [9.17, 15) is 9.59 Å². The molecule has 0 spiro atoms. The van der Waals surface area contributed by atoms with Gasteiger partial charge in [-0.05, 0) is 24.1 Å². The van der Waals surface area contributed by atoms with Crippen LogP contribution >= 0.6 is 0 Å². The fourth-order valence-corrected chi connectivity index (χ4v) is 2.79. The molecule has 1 atom stereocenters. The lowest BCUT2D eigenvalue weighted by atomic mass is 10.0. The van der Waals surface area contributed by atoms with E-state index in [2.05, 4.69) is 12.2 Å². The summed E-state index contributed by atoms with van der Waals surface area (Å²) in [6.07, 6.45) is 1.72. The number of para-hydroxylation sites is 1. The molecule has 0 aromatic heterocycles. The first-order chi connectivity index (χ1) is 13.1. The molecule has 0 aliphatic carbocycles. The van der Waals surface area contributed by atoms with Crippen molar-refractivity contribution in [3.63, 3.8) is 0 Å². The molecule has 0 aliphatic rings. The monoisotopic (exact) mass is 371 g/mol. The minimum atomic E-state index is -0.646. The van der Waals surface area contributed by atoms with Crippen LogP contribution in [0.25, 0.3) is 0 Å². The molecule has 6 heteroatoms. The normalized spacial score (nSPS) is 11.4. The maximum Gasteiger partial charge on any atom is 0.342 e. The molecule has 0 bridgehead atoms. The van der Waals surface area contributed by atoms with Crippen LogP contribution < -0.4 is 14.8 Å². The Morgan fingerprint density at radius 1 is 1.00 bits per heavy atom. The standard InChI is InChI=1S/C21H25NO5/c1-4-9-17(15-10-6-5-7-11-15)22-19(23)14-27-21(24)16-12-8-13-18(25-2)20(16)26-3/h5-8,10-13,17H,4,9,14H2,1-3H3,(H,22,23)/t17-/m1/s1. The maximum atomic E-state index is 12.3. The van der Waals surface area contributed by atoms with Crippen LogP contribution in [-0.4, -0.2) is 32.7 Å². The van der Waals surface area contributed by atoms with Crippen molar-refractivity contribution in [1.82, 2.24) is 5.32 Å². The van der Waals surface area contributed by atoms with E-state index in [1.807, 2.05) is 30.3 Å². The molecule has 27 heavy (non-hydrogen) atoms. The number of esters is 1. The van der Waals surface area contributed by atoms with E-state index in [4.69, 9.17) is 14.2 Å². The van der Waals surface area contributed by atoms with Crippen LogP contribution in [0, 0.1) is 0 Å². The Morgan fingerprint density at radius 2 is 1.74 bits per heavy atom. The Balaban J connectivity index is 1.99. The van der Waals surface area contributed by atoms with E-state index in [0.717, 1.165) is 18.4 Å². The average molecular weight is 371 g/mol. The van der Waals surface area contributed by atoms with Crippen molar-refractivity contribution in [3.8, 4) is 11.5 Å². The van der Waals surface area contributed by atoms with Crippen LogP contribution in [0.4, 0.5) is 0 Å². The van der Waals surface area contributed by atoms with Crippen molar-refractivity contribution >= 4 is 11.9 Å². The van der Waals surface area contributed by atoms with Gasteiger partial charge in [-0.2, -0.15) is 0 Å². The lowest BCUT2D eigenvalue weighted by Gasteiger charge is -2.18. The van der Waals surface area contributed by atoms with Gasteiger partial charge in [0.2, 0.25) is 0 Å². The topological polar surface area (TPSA) is 73.9 Å².